The van der Waals surface area contributed by atoms with Gasteiger partial charge in [-0.1, -0.05) is 42.5 Å². The van der Waals surface area contributed by atoms with Crippen molar-refractivity contribution in [2.45, 2.75) is 13.5 Å². The summed E-state index contributed by atoms with van der Waals surface area (Å²) in [4.78, 5) is 23.1. The predicted molar refractivity (Wildman–Crippen MR) is 81.4 cm³/mol. The van der Waals surface area contributed by atoms with Gasteiger partial charge in [0.1, 0.15) is 18.9 Å². The minimum atomic E-state index is -0.662. The first-order valence-electron chi connectivity index (χ1n) is 6.85. The van der Waals surface area contributed by atoms with Gasteiger partial charge in [0.05, 0.1) is 0 Å². The fourth-order valence-electron chi connectivity index (χ4n) is 1.76. The summed E-state index contributed by atoms with van der Waals surface area (Å²) in [6.07, 6.45) is -0.662. The van der Waals surface area contributed by atoms with Gasteiger partial charge in [0.25, 0.3) is 0 Å². The number of rotatable bonds is 5. The zero-order chi connectivity index (χ0) is 15.8. The molecule has 0 fully saturated rings. The van der Waals surface area contributed by atoms with Gasteiger partial charge in [-0.2, -0.15) is 0 Å². The number of nitrogens with one attached hydrogen (secondary N) is 1. The number of hydrogen-bond acceptors (Lipinski definition) is 4. The van der Waals surface area contributed by atoms with Crippen LogP contribution in [0.1, 0.15) is 11.1 Å². The van der Waals surface area contributed by atoms with E-state index in [2.05, 4.69) is 5.32 Å². The van der Waals surface area contributed by atoms with Crippen molar-refractivity contribution in [3.05, 3.63) is 65.7 Å². The van der Waals surface area contributed by atoms with E-state index in [0.29, 0.717) is 5.75 Å². The first kappa shape index (κ1) is 15.6. The smallest absolute Gasteiger partial charge is 0.407 e. The molecular formula is C17H17NO4. The first-order valence-corrected chi connectivity index (χ1v) is 6.85. The van der Waals surface area contributed by atoms with Crippen molar-refractivity contribution in [1.29, 1.82) is 0 Å². The molecule has 1 N–H and O–H groups in total. The van der Waals surface area contributed by atoms with Gasteiger partial charge in [-0.05, 0) is 30.2 Å². The second-order valence-electron chi connectivity index (χ2n) is 4.71. The molecule has 0 bridgehead atoms. The quantitative estimate of drug-likeness (QED) is 0.681. The number of benzene rings is 2. The number of esters is 1. The molecule has 5 heteroatoms. The number of alkyl carbamates (subject to hydrolysis) is 1. The lowest BCUT2D eigenvalue weighted by Gasteiger charge is -2.07. The standard InChI is InChI=1S/C17H17NO4/c1-13-6-5-9-15(10-13)22-16(19)11-18-17(20)21-12-14-7-3-2-4-8-14/h2-10H,11-12H2,1H3,(H,18,20). The Morgan fingerprint density at radius 2 is 1.82 bits per heavy atom. The third-order valence-corrected chi connectivity index (χ3v) is 2.81. The fraction of sp³-hybridized carbons (Fsp3) is 0.176. The van der Waals surface area contributed by atoms with E-state index in [1.165, 1.54) is 0 Å². The van der Waals surface area contributed by atoms with Crippen LogP contribution < -0.4 is 10.1 Å². The summed E-state index contributed by atoms with van der Waals surface area (Å²) < 4.78 is 10.1. The molecule has 0 unspecified atom stereocenters. The van der Waals surface area contributed by atoms with Crippen LogP contribution in [0.4, 0.5) is 4.79 Å². The number of carbonyl (C=O) groups excluding carboxylic acids is 2. The average Bonchev–Trinajstić information content (AvgIpc) is 2.52. The van der Waals surface area contributed by atoms with Crippen LogP contribution in [0.3, 0.4) is 0 Å². The topological polar surface area (TPSA) is 64.6 Å². The molecule has 0 aliphatic carbocycles. The molecule has 2 rings (SSSR count). The van der Waals surface area contributed by atoms with E-state index in [4.69, 9.17) is 9.47 Å². The van der Waals surface area contributed by atoms with Crippen LogP contribution >= 0.6 is 0 Å². The molecule has 0 heterocycles. The van der Waals surface area contributed by atoms with Gasteiger partial charge in [0.2, 0.25) is 0 Å². The summed E-state index contributed by atoms with van der Waals surface area (Å²) in [6.45, 7) is 1.80. The van der Waals surface area contributed by atoms with Gasteiger partial charge in [0, 0.05) is 0 Å². The third-order valence-electron chi connectivity index (χ3n) is 2.81. The molecule has 114 valence electrons. The molecule has 0 aliphatic heterocycles. The minimum absolute atomic E-state index is 0.152. The van der Waals surface area contributed by atoms with E-state index in [-0.39, 0.29) is 13.2 Å². The third kappa shape index (κ3) is 5.28. The average molecular weight is 299 g/mol. The lowest BCUT2D eigenvalue weighted by Crippen LogP contribution is -2.32. The number of hydrogen-bond donors (Lipinski definition) is 1. The van der Waals surface area contributed by atoms with E-state index in [0.717, 1.165) is 11.1 Å². The Labute approximate surface area is 128 Å². The highest BCUT2D eigenvalue weighted by molar-refractivity contribution is 5.79. The second-order valence-corrected chi connectivity index (χ2v) is 4.71. The van der Waals surface area contributed by atoms with Crippen LogP contribution in [0.5, 0.6) is 5.75 Å². The van der Waals surface area contributed by atoms with E-state index in [1.54, 1.807) is 18.2 Å². The monoisotopic (exact) mass is 299 g/mol. The molecule has 1 amide bonds. The fourth-order valence-corrected chi connectivity index (χ4v) is 1.76. The van der Waals surface area contributed by atoms with E-state index >= 15 is 0 Å². The number of carbonyl (C=O) groups is 2. The van der Waals surface area contributed by atoms with E-state index < -0.39 is 12.1 Å². The van der Waals surface area contributed by atoms with Crippen LogP contribution in [0.2, 0.25) is 0 Å². The van der Waals surface area contributed by atoms with Crippen molar-refractivity contribution in [1.82, 2.24) is 5.32 Å². The van der Waals surface area contributed by atoms with Crippen LogP contribution in [-0.2, 0) is 16.1 Å². The summed E-state index contributed by atoms with van der Waals surface area (Å²) in [5.74, 6) is -0.105. The van der Waals surface area contributed by atoms with Crippen molar-refractivity contribution >= 4 is 12.1 Å². The highest BCUT2D eigenvalue weighted by Crippen LogP contribution is 2.12. The van der Waals surface area contributed by atoms with Gasteiger partial charge in [0.15, 0.2) is 0 Å². The maximum absolute atomic E-state index is 11.6. The largest absolute Gasteiger partial charge is 0.445 e. The predicted octanol–water partition coefficient (Wildman–Crippen LogP) is 2.83. The Morgan fingerprint density at radius 3 is 2.55 bits per heavy atom. The van der Waals surface area contributed by atoms with Gasteiger partial charge in [-0.3, -0.25) is 0 Å². The maximum atomic E-state index is 11.6. The maximum Gasteiger partial charge on any atom is 0.407 e. The lowest BCUT2D eigenvalue weighted by molar-refractivity contribution is -0.133. The summed E-state index contributed by atoms with van der Waals surface area (Å²) in [5.41, 5.74) is 1.86. The Hall–Kier alpha value is -2.82. The molecule has 0 saturated heterocycles. The van der Waals surface area contributed by atoms with Crippen molar-refractivity contribution in [3.63, 3.8) is 0 Å². The Bertz CT molecular complexity index is 640. The van der Waals surface area contributed by atoms with Crippen LogP contribution in [-0.4, -0.2) is 18.6 Å². The first-order chi connectivity index (χ1) is 10.6. The van der Waals surface area contributed by atoms with Crippen molar-refractivity contribution in [3.8, 4) is 5.75 Å². The van der Waals surface area contributed by atoms with Crippen LogP contribution in [0.15, 0.2) is 54.6 Å². The van der Waals surface area contributed by atoms with Gasteiger partial charge >= 0.3 is 12.1 Å². The second kappa shape index (κ2) is 7.83. The van der Waals surface area contributed by atoms with E-state index in [1.807, 2.05) is 43.3 Å². The number of aryl methyl sites for hydroxylation is 1. The van der Waals surface area contributed by atoms with Gasteiger partial charge < -0.3 is 14.8 Å². The summed E-state index contributed by atoms with van der Waals surface area (Å²) >= 11 is 0. The van der Waals surface area contributed by atoms with Crippen LogP contribution in [0.25, 0.3) is 0 Å². The minimum Gasteiger partial charge on any atom is -0.445 e. The zero-order valence-corrected chi connectivity index (χ0v) is 12.2. The normalized spacial score (nSPS) is 9.86. The van der Waals surface area contributed by atoms with Crippen molar-refractivity contribution in [2.24, 2.45) is 0 Å². The summed E-state index contributed by atoms with van der Waals surface area (Å²) in [7, 11) is 0. The highest BCUT2D eigenvalue weighted by Gasteiger charge is 2.08. The molecule has 22 heavy (non-hydrogen) atoms. The van der Waals surface area contributed by atoms with Crippen molar-refractivity contribution < 1.29 is 19.1 Å². The molecule has 5 nitrogen and oxygen atoms in total. The van der Waals surface area contributed by atoms with Gasteiger partial charge in [-0.15, -0.1) is 0 Å². The molecule has 0 aliphatic rings. The Kier molecular flexibility index (Phi) is 5.54. The summed E-state index contributed by atoms with van der Waals surface area (Å²) in [6, 6.07) is 16.4. The lowest BCUT2D eigenvalue weighted by atomic mass is 10.2. The van der Waals surface area contributed by atoms with Crippen LogP contribution in [0, 0.1) is 6.92 Å². The molecule has 0 atom stereocenters. The number of ether oxygens (including phenoxy) is 2. The molecular weight excluding hydrogens is 282 g/mol. The Balaban J connectivity index is 1.70. The molecule has 0 radical (unpaired) electrons. The molecule has 0 spiro atoms. The molecule has 0 saturated carbocycles. The van der Waals surface area contributed by atoms with Crippen molar-refractivity contribution in [2.75, 3.05) is 6.54 Å². The number of amides is 1. The highest BCUT2D eigenvalue weighted by atomic mass is 16.6. The SMILES string of the molecule is Cc1cccc(OC(=O)CNC(=O)OCc2ccccc2)c1. The molecule has 0 aromatic heterocycles. The van der Waals surface area contributed by atoms with E-state index in [9.17, 15) is 9.59 Å². The Morgan fingerprint density at radius 1 is 1.05 bits per heavy atom. The zero-order valence-electron chi connectivity index (χ0n) is 12.2. The molecule has 2 aromatic carbocycles. The molecule has 2 aromatic rings. The summed E-state index contributed by atoms with van der Waals surface area (Å²) in [5, 5.41) is 2.35. The van der Waals surface area contributed by atoms with Gasteiger partial charge in [-0.25, -0.2) is 9.59 Å².